The quantitative estimate of drug-likeness (QED) is 0.651. The Hall–Kier alpha value is -3.28. The number of carbonyl (C=O) groups is 1. The third kappa shape index (κ3) is 4.82. The molecule has 2 N–H and O–H groups in total. The highest BCUT2D eigenvalue weighted by molar-refractivity contribution is 5.83. The fourth-order valence-corrected chi connectivity index (χ4v) is 3.67. The molecule has 1 heterocycles. The van der Waals surface area contributed by atoms with E-state index in [1.54, 1.807) is 4.90 Å². The van der Waals surface area contributed by atoms with Crippen LogP contribution < -0.4 is 15.8 Å². The second kappa shape index (κ2) is 9.03. The number of nitrogens with one attached hydrogen (secondary N) is 2. The zero-order valence-electron chi connectivity index (χ0n) is 18.4. The van der Waals surface area contributed by atoms with Gasteiger partial charge in [-0.15, -0.1) is 0 Å². The lowest BCUT2D eigenvalue weighted by Crippen LogP contribution is -2.40. The summed E-state index contributed by atoms with van der Waals surface area (Å²) in [6, 6.07) is 13.9. The molecule has 0 atom stereocenters. The predicted molar refractivity (Wildman–Crippen MR) is 123 cm³/mol. The van der Waals surface area contributed by atoms with E-state index in [-0.39, 0.29) is 18.1 Å². The van der Waals surface area contributed by atoms with Crippen LogP contribution in [0.3, 0.4) is 0 Å². The minimum atomic E-state index is -0.187. The van der Waals surface area contributed by atoms with Crippen LogP contribution in [0.2, 0.25) is 0 Å². The van der Waals surface area contributed by atoms with Crippen LogP contribution in [0, 0.1) is 13.8 Å². The van der Waals surface area contributed by atoms with Gasteiger partial charge in [-0.1, -0.05) is 23.8 Å². The molecule has 0 radical (unpaired) electrons. The Balaban J connectivity index is 1.95. The first kappa shape index (κ1) is 21.4. The van der Waals surface area contributed by atoms with E-state index in [2.05, 4.69) is 28.5 Å². The minimum absolute atomic E-state index is 0.161. The Labute approximate surface area is 177 Å². The Bertz CT molecular complexity index is 1120. The molecule has 30 heavy (non-hydrogen) atoms. The number of anilines is 1. The predicted octanol–water partition coefficient (Wildman–Crippen LogP) is 3.94. The molecule has 0 aliphatic heterocycles. The van der Waals surface area contributed by atoms with E-state index in [9.17, 15) is 9.59 Å². The highest BCUT2D eigenvalue weighted by Crippen LogP contribution is 2.20. The van der Waals surface area contributed by atoms with Gasteiger partial charge in [-0.05, 0) is 61.5 Å². The summed E-state index contributed by atoms with van der Waals surface area (Å²) in [5.74, 6) is 0. The first-order valence-corrected chi connectivity index (χ1v) is 10.2. The number of hydrogen-bond donors (Lipinski definition) is 2. The highest BCUT2D eigenvalue weighted by atomic mass is 16.2. The topological polar surface area (TPSA) is 68.4 Å². The van der Waals surface area contributed by atoms with Crippen molar-refractivity contribution >= 4 is 22.6 Å². The SMILES string of the molecule is CCNC(=O)N(Cc1cccc(N(C)C)c1)Cc1cc2cc(C)cc(C)c2[nH]c1=O. The smallest absolute Gasteiger partial charge is 0.317 e. The van der Waals surface area contributed by atoms with Gasteiger partial charge >= 0.3 is 6.03 Å². The Morgan fingerprint density at radius 2 is 1.83 bits per heavy atom. The third-order valence-corrected chi connectivity index (χ3v) is 5.15. The molecule has 6 nitrogen and oxygen atoms in total. The lowest BCUT2D eigenvalue weighted by atomic mass is 10.0. The number of nitrogens with zero attached hydrogens (tertiary/aromatic N) is 2. The van der Waals surface area contributed by atoms with Gasteiger partial charge in [-0.2, -0.15) is 0 Å². The van der Waals surface area contributed by atoms with E-state index in [1.807, 2.05) is 64.0 Å². The molecule has 0 fully saturated rings. The van der Waals surface area contributed by atoms with E-state index >= 15 is 0 Å². The van der Waals surface area contributed by atoms with Crippen LogP contribution in [0.1, 0.15) is 29.2 Å². The third-order valence-electron chi connectivity index (χ3n) is 5.15. The second-order valence-electron chi connectivity index (χ2n) is 7.93. The van der Waals surface area contributed by atoms with Crippen LogP contribution >= 0.6 is 0 Å². The van der Waals surface area contributed by atoms with Crippen LogP contribution in [0.4, 0.5) is 10.5 Å². The van der Waals surface area contributed by atoms with Crippen molar-refractivity contribution in [2.24, 2.45) is 0 Å². The number of fused-ring (bicyclic) bond motifs is 1. The summed E-state index contributed by atoms with van der Waals surface area (Å²) >= 11 is 0. The van der Waals surface area contributed by atoms with Crippen molar-refractivity contribution < 1.29 is 4.79 Å². The van der Waals surface area contributed by atoms with Crippen molar-refractivity contribution in [2.45, 2.75) is 33.9 Å². The lowest BCUT2D eigenvalue weighted by Gasteiger charge is -2.24. The molecule has 0 aliphatic carbocycles. The average molecular weight is 407 g/mol. The van der Waals surface area contributed by atoms with E-state index < -0.39 is 0 Å². The van der Waals surface area contributed by atoms with E-state index in [0.717, 1.165) is 33.3 Å². The first-order chi connectivity index (χ1) is 14.3. The van der Waals surface area contributed by atoms with Crippen LogP contribution in [0.25, 0.3) is 10.9 Å². The fourth-order valence-electron chi connectivity index (χ4n) is 3.67. The molecule has 6 heteroatoms. The number of aryl methyl sites for hydroxylation is 2. The monoisotopic (exact) mass is 406 g/mol. The van der Waals surface area contributed by atoms with Gasteiger partial charge in [-0.25, -0.2) is 4.79 Å². The van der Waals surface area contributed by atoms with Crippen LogP contribution in [-0.4, -0.2) is 36.6 Å². The molecule has 2 amide bonds. The number of pyridine rings is 1. The second-order valence-corrected chi connectivity index (χ2v) is 7.93. The molecule has 3 aromatic rings. The molecule has 0 aliphatic rings. The van der Waals surface area contributed by atoms with Crippen molar-refractivity contribution in [1.29, 1.82) is 0 Å². The average Bonchev–Trinajstić information content (AvgIpc) is 2.69. The largest absolute Gasteiger partial charge is 0.378 e. The van der Waals surface area contributed by atoms with Gasteiger partial charge < -0.3 is 20.1 Å². The molecular weight excluding hydrogens is 376 g/mol. The van der Waals surface area contributed by atoms with E-state index in [1.165, 1.54) is 0 Å². The summed E-state index contributed by atoms with van der Waals surface area (Å²) in [5, 5.41) is 3.84. The molecule has 1 aromatic heterocycles. The summed E-state index contributed by atoms with van der Waals surface area (Å²) < 4.78 is 0. The number of amides is 2. The summed E-state index contributed by atoms with van der Waals surface area (Å²) in [6.45, 7) is 7.09. The number of carbonyl (C=O) groups excluding carboxylic acids is 1. The van der Waals surface area contributed by atoms with Crippen LogP contribution in [0.15, 0.2) is 47.3 Å². The molecule has 0 unspecified atom stereocenters. The standard InChI is InChI=1S/C24H30N4O2/c1-6-25-24(30)28(14-18-8-7-9-21(12-18)27(4)5)15-20-13-19-11-16(2)10-17(3)22(19)26-23(20)29/h7-13H,6,14-15H2,1-5H3,(H,25,30)(H,26,29). The summed E-state index contributed by atoms with van der Waals surface area (Å²) in [6.07, 6.45) is 0. The Morgan fingerprint density at radius 3 is 2.53 bits per heavy atom. The summed E-state index contributed by atoms with van der Waals surface area (Å²) in [4.78, 5) is 32.2. The maximum absolute atomic E-state index is 12.8. The van der Waals surface area contributed by atoms with Gasteiger partial charge in [0.2, 0.25) is 0 Å². The van der Waals surface area contributed by atoms with Crippen LogP contribution in [0.5, 0.6) is 0 Å². The van der Waals surface area contributed by atoms with Gasteiger partial charge in [0, 0.05) is 38.4 Å². The normalized spacial score (nSPS) is 10.8. The van der Waals surface area contributed by atoms with E-state index in [0.29, 0.717) is 18.7 Å². The maximum Gasteiger partial charge on any atom is 0.317 e. The molecule has 0 saturated heterocycles. The van der Waals surface area contributed by atoms with E-state index in [4.69, 9.17) is 0 Å². The van der Waals surface area contributed by atoms with Crippen molar-refractivity contribution in [3.8, 4) is 0 Å². The number of aromatic amines is 1. The molecule has 0 bridgehead atoms. The van der Waals surface area contributed by atoms with Crippen molar-refractivity contribution in [3.05, 3.63) is 75.1 Å². The molecule has 3 rings (SSSR count). The fraction of sp³-hybridized carbons (Fsp3) is 0.333. The lowest BCUT2D eigenvalue weighted by molar-refractivity contribution is 0.192. The number of benzene rings is 2. The zero-order valence-corrected chi connectivity index (χ0v) is 18.4. The Morgan fingerprint density at radius 1 is 1.07 bits per heavy atom. The van der Waals surface area contributed by atoms with Crippen molar-refractivity contribution in [3.63, 3.8) is 0 Å². The number of urea groups is 1. The van der Waals surface area contributed by atoms with Gasteiger partial charge in [0.05, 0.1) is 12.1 Å². The number of rotatable bonds is 6. The molecule has 0 spiro atoms. The van der Waals surface area contributed by atoms with Gasteiger partial charge in [0.1, 0.15) is 0 Å². The molecule has 2 aromatic carbocycles. The molecular formula is C24H30N4O2. The van der Waals surface area contributed by atoms with Crippen molar-refractivity contribution in [2.75, 3.05) is 25.5 Å². The molecule has 158 valence electrons. The zero-order chi connectivity index (χ0) is 21.8. The van der Waals surface area contributed by atoms with Crippen molar-refractivity contribution in [1.82, 2.24) is 15.2 Å². The van der Waals surface area contributed by atoms with Gasteiger partial charge in [0.15, 0.2) is 0 Å². The van der Waals surface area contributed by atoms with Gasteiger partial charge in [0.25, 0.3) is 5.56 Å². The maximum atomic E-state index is 12.8. The summed E-state index contributed by atoms with van der Waals surface area (Å²) in [5.41, 5.74) is 5.51. The van der Waals surface area contributed by atoms with Gasteiger partial charge in [-0.3, -0.25) is 4.79 Å². The number of H-pyrrole nitrogens is 1. The molecule has 0 saturated carbocycles. The number of aromatic nitrogens is 1. The minimum Gasteiger partial charge on any atom is -0.378 e. The highest BCUT2D eigenvalue weighted by Gasteiger charge is 2.17. The first-order valence-electron chi connectivity index (χ1n) is 10.2. The number of hydrogen-bond acceptors (Lipinski definition) is 3. The van der Waals surface area contributed by atoms with Crippen LogP contribution in [-0.2, 0) is 13.1 Å². The summed E-state index contributed by atoms with van der Waals surface area (Å²) in [7, 11) is 3.97. The Kier molecular flexibility index (Phi) is 6.45.